The second-order valence-electron chi connectivity index (χ2n) is 6.28. The molecule has 0 saturated carbocycles. The standard InChI is InChI=1S/C20H18O2Si2/c21-19-13-7-3-1-5-11(13)9-15(23)17(19)18-16(24)10-12-6-2-4-8-14(12)20(18)22/h1-10,21-22H,23-24H3. The summed E-state index contributed by atoms with van der Waals surface area (Å²) in [5.41, 5.74) is 1.60. The van der Waals surface area contributed by atoms with Crippen molar-refractivity contribution in [1.82, 2.24) is 0 Å². The van der Waals surface area contributed by atoms with Crippen LogP contribution in [0.15, 0.2) is 60.7 Å². The summed E-state index contributed by atoms with van der Waals surface area (Å²) < 4.78 is 0. The summed E-state index contributed by atoms with van der Waals surface area (Å²) in [7, 11) is 1.60. The highest BCUT2D eigenvalue weighted by atomic mass is 28.1. The number of phenolic OH excluding ortho intramolecular Hbond substituents is 2. The minimum Gasteiger partial charge on any atom is -0.507 e. The zero-order valence-corrected chi connectivity index (χ0v) is 17.7. The lowest BCUT2D eigenvalue weighted by atomic mass is 9.96. The average Bonchev–Trinajstić information content (AvgIpc) is 2.57. The molecule has 4 rings (SSSR count). The predicted molar refractivity (Wildman–Crippen MR) is 109 cm³/mol. The molecule has 4 heteroatoms. The first-order chi connectivity index (χ1) is 11.6. The Labute approximate surface area is 146 Å². The summed E-state index contributed by atoms with van der Waals surface area (Å²) in [6.07, 6.45) is 0. The Balaban J connectivity index is 2.14. The van der Waals surface area contributed by atoms with Gasteiger partial charge < -0.3 is 10.2 Å². The molecule has 0 bridgehead atoms. The molecule has 4 aromatic carbocycles. The molecule has 0 unspecified atom stereocenters. The maximum absolute atomic E-state index is 10.9. The number of aromatic hydroxyl groups is 2. The van der Waals surface area contributed by atoms with E-state index < -0.39 is 0 Å². The van der Waals surface area contributed by atoms with Gasteiger partial charge in [-0.05, 0) is 10.8 Å². The number of hydrogen-bond donors (Lipinski definition) is 2. The summed E-state index contributed by atoms with van der Waals surface area (Å²) in [6, 6.07) is 20.0. The number of fused-ring (bicyclic) bond motifs is 2. The van der Waals surface area contributed by atoms with Crippen LogP contribution in [0.1, 0.15) is 0 Å². The molecule has 0 radical (unpaired) electrons. The third kappa shape index (κ3) is 2.15. The summed E-state index contributed by atoms with van der Waals surface area (Å²) in [6.45, 7) is 0. The average molecular weight is 347 g/mol. The van der Waals surface area contributed by atoms with Crippen molar-refractivity contribution in [1.29, 1.82) is 0 Å². The summed E-state index contributed by atoms with van der Waals surface area (Å²) in [4.78, 5) is 0. The normalized spacial score (nSPS) is 11.5. The first-order valence-corrected chi connectivity index (χ1v) is 10.0. The van der Waals surface area contributed by atoms with Crippen molar-refractivity contribution in [3.63, 3.8) is 0 Å². The van der Waals surface area contributed by atoms with Crippen LogP contribution in [0.2, 0.25) is 0 Å². The van der Waals surface area contributed by atoms with Crippen LogP contribution in [0.3, 0.4) is 0 Å². The molecule has 2 nitrogen and oxygen atoms in total. The molecule has 0 heterocycles. The number of hydrogen-bond acceptors (Lipinski definition) is 2. The van der Waals surface area contributed by atoms with Gasteiger partial charge in [0.2, 0.25) is 0 Å². The van der Waals surface area contributed by atoms with Crippen LogP contribution >= 0.6 is 0 Å². The maximum atomic E-state index is 10.9. The van der Waals surface area contributed by atoms with Gasteiger partial charge in [0.25, 0.3) is 0 Å². The molecule has 0 aromatic heterocycles. The van der Waals surface area contributed by atoms with Crippen molar-refractivity contribution in [2.45, 2.75) is 0 Å². The second-order valence-corrected chi connectivity index (χ2v) is 8.43. The van der Waals surface area contributed by atoms with Crippen molar-refractivity contribution in [2.75, 3.05) is 0 Å². The fourth-order valence-electron chi connectivity index (χ4n) is 3.56. The summed E-state index contributed by atoms with van der Waals surface area (Å²) in [5, 5.41) is 27.8. The van der Waals surface area contributed by atoms with Gasteiger partial charge in [-0.15, -0.1) is 0 Å². The van der Waals surface area contributed by atoms with E-state index in [1.165, 1.54) is 0 Å². The zero-order chi connectivity index (χ0) is 16.8. The van der Waals surface area contributed by atoms with Crippen LogP contribution in [0.4, 0.5) is 0 Å². The molecule has 2 N–H and O–H groups in total. The van der Waals surface area contributed by atoms with Gasteiger partial charge in [-0.1, -0.05) is 71.0 Å². The lowest BCUT2D eigenvalue weighted by Crippen LogP contribution is -2.15. The van der Waals surface area contributed by atoms with Crippen LogP contribution in [0, 0.1) is 0 Å². The largest absolute Gasteiger partial charge is 0.507 e. The second kappa shape index (κ2) is 5.51. The lowest BCUT2D eigenvalue weighted by Gasteiger charge is -2.17. The van der Waals surface area contributed by atoms with E-state index in [1.807, 2.05) is 48.5 Å². The lowest BCUT2D eigenvalue weighted by molar-refractivity contribution is 0.476. The molecule has 0 aliphatic carbocycles. The van der Waals surface area contributed by atoms with Gasteiger partial charge in [0.1, 0.15) is 11.5 Å². The Morgan fingerprint density at radius 2 is 0.958 bits per heavy atom. The van der Waals surface area contributed by atoms with Gasteiger partial charge in [-0.2, -0.15) is 0 Å². The molecule has 0 amide bonds. The number of benzene rings is 4. The van der Waals surface area contributed by atoms with Crippen LogP contribution < -0.4 is 10.4 Å². The van der Waals surface area contributed by atoms with Crippen molar-refractivity contribution in [2.24, 2.45) is 0 Å². The van der Waals surface area contributed by atoms with Gasteiger partial charge in [-0.25, -0.2) is 0 Å². The van der Waals surface area contributed by atoms with Crippen LogP contribution in [-0.4, -0.2) is 30.7 Å². The highest BCUT2D eigenvalue weighted by Crippen LogP contribution is 2.40. The molecule has 0 saturated heterocycles. The molecule has 0 aliphatic heterocycles. The molecular weight excluding hydrogens is 328 g/mol. The Hall–Kier alpha value is -2.57. The van der Waals surface area contributed by atoms with Gasteiger partial charge in [0.15, 0.2) is 0 Å². The molecule has 0 aliphatic rings. The van der Waals surface area contributed by atoms with Crippen molar-refractivity contribution < 1.29 is 10.2 Å². The van der Waals surface area contributed by atoms with Gasteiger partial charge >= 0.3 is 0 Å². The number of rotatable bonds is 1. The van der Waals surface area contributed by atoms with Crippen molar-refractivity contribution in [3.05, 3.63) is 60.7 Å². The Kier molecular flexibility index (Phi) is 3.44. The minimum atomic E-state index is 0.279. The first kappa shape index (κ1) is 15.0. The molecule has 0 spiro atoms. The fourth-order valence-corrected chi connectivity index (χ4v) is 5.16. The highest BCUT2D eigenvalue weighted by Gasteiger charge is 2.19. The topological polar surface area (TPSA) is 40.5 Å². The SMILES string of the molecule is Oc1c(-c2c([SiH3])cc3ccccc3c2O)c([SiH3])cc2ccccc12. The van der Waals surface area contributed by atoms with E-state index in [1.54, 1.807) is 0 Å². The van der Waals surface area contributed by atoms with Gasteiger partial charge in [0.05, 0.1) is 0 Å². The molecule has 4 aromatic rings. The Morgan fingerprint density at radius 3 is 1.38 bits per heavy atom. The van der Waals surface area contributed by atoms with Crippen LogP contribution in [-0.2, 0) is 0 Å². The Morgan fingerprint density at radius 1 is 0.583 bits per heavy atom. The molecular formula is C20H18O2Si2. The van der Waals surface area contributed by atoms with Crippen LogP contribution in [0.5, 0.6) is 11.5 Å². The van der Waals surface area contributed by atoms with Crippen LogP contribution in [0.25, 0.3) is 32.7 Å². The van der Waals surface area contributed by atoms with Gasteiger partial charge in [0, 0.05) is 42.4 Å². The summed E-state index contributed by atoms with van der Waals surface area (Å²) in [5.74, 6) is 0.557. The van der Waals surface area contributed by atoms with E-state index in [0.717, 1.165) is 63.5 Å². The highest BCUT2D eigenvalue weighted by molar-refractivity contribution is 6.43. The molecule has 24 heavy (non-hydrogen) atoms. The van der Waals surface area contributed by atoms with E-state index in [-0.39, 0.29) is 11.5 Å². The third-order valence-electron chi connectivity index (χ3n) is 4.69. The van der Waals surface area contributed by atoms with E-state index in [0.29, 0.717) is 0 Å². The van der Waals surface area contributed by atoms with Crippen molar-refractivity contribution in [3.8, 4) is 22.6 Å². The molecule has 118 valence electrons. The van der Waals surface area contributed by atoms with Crippen molar-refractivity contribution >= 4 is 52.4 Å². The molecule has 0 atom stereocenters. The monoisotopic (exact) mass is 346 g/mol. The van der Waals surface area contributed by atoms with E-state index in [2.05, 4.69) is 12.1 Å². The van der Waals surface area contributed by atoms with E-state index in [9.17, 15) is 10.2 Å². The maximum Gasteiger partial charge on any atom is 0.131 e. The quantitative estimate of drug-likeness (QED) is 0.506. The predicted octanol–water partition coefficient (Wildman–Crippen LogP) is 1.05. The summed E-state index contributed by atoms with van der Waals surface area (Å²) >= 11 is 0. The Bertz CT molecular complexity index is 1010. The fraction of sp³-hybridized carbons (Fsp3) is 0. The van der Waals surface area contributed by atoms with Gasteiger partial charge in [-0.3, -0.25) is 0 Å². The third-order valence-corrected chi connectivity index (χ3v) is 6.27. The smallest absolute Gasteiger partial charge is 0.131 e. The van der Waals surface area contributed by atoms with E-state index >= 15 is 0 Å². The number of phenols is 2. The minimum absolute atomic E-state index is 0.279. The first-order valence-electron chi connectivity index (χ1n) is 8.01. The zero-order valence-electron chi connectivity index (χ0n) is 13.7. The van der Waals surface area contributed by atoms with E-state index in [4.69, 9.17) is 0 Å². The molecule has 0 fully saturated rings.